The second-order valence-corrected chi connectivity index (χ2v) is 6.55. The number of nitrogens with zero attached hydrogens (tertiary/aromatic N) is 1. The highest BCUT2D eigenvalue weighted by Gasteiger charge is 2.32. The lowest BCUT2D eigenvalue weighted by Crippen LogP contribution is -2.35. The summed E-state index contributed by atoms with van der Waals surface area (Å²) >= 11 is 3.14. The van der Waals surface area contributed by atoms with E-state index in [4.69, 9.17) is 0 Å². The molecule has 1 aromatic rings. The van der Waals surface area contributed by atoms with Gasteiger partial charge in [-0.2, -0.15) is 0 Å². The zero-order chi connectivity index (χ0) is 13.4. The molecule has 19 heavy (non-hydrogen) atoms. The van der Waals surface area contributed by atoms with E-state index in [1.54, 1.807) is 18.2 Å². The van der Waals surface area contributed by atoms with Gasteiger partial charge >= 0.3 is 0 Å². The van der Waals surface area contributed by atoms with Gasteiger partial charge < -0.3 is 4.90 Å². The van der Waals surface area contributed by atoms with Crippen molar-refractivity contribution < 1.29 is 9.18 Å². The number of hydrogen-bond donors (Lipinski definition) is 0. The van der Waals surface area contributed by atoms with Crippen LogP contribution in [0.15, 0.2) is 22.7 Å². The Morgan fingerprint density at radius 3 is 2.32 bits per heavy atom. The van der Waals surface area contributed by atoms with Crippen LogP contribution in [-0.2, 0) is 0 Å². The zero-order valence-corrected chi connectivity index (χ0v) is 12.3. The average Bonchev–Trinajstić information content (AvgIpc) is 3.26. The van der Waals surface area contributed by atoms with Gasteiger partial charge in [0, 0.05) is 13.1 Å². The first-order chi connectivity index (χ1) is 9.15. The molecule has 0 radical (unpaired) electrons. The second-order valence-electron chi connectivity index (χ2n) is 5.70. The van der Waals surface area contributed by atoms with Crippen molar-refractivity contribution in [2.24, 2.45) is 11.8 Å². The largest absolute Gasteiger partial charge is 0.338 e. The molecule has 2 nitrogen and oxygen atoms in total. The topological polar surface area (TPSA) is 20.3 Å². The molecule has 3 rings (SSSR count). The molecular formula is C15H17BrFNO. The molecule has 0 spiro atoms. The summed E-state index contributed by atoms with van der Waals surface area (Å²) in [5.41, 5.74) is 0.190. The highest BCUT2D eigenvalue weighted by molar-refractivity contribution is 9.10. The molecule has 0 aliphatic heterocycles. The number of carbonyl (C=O) groups excluding carboxylic acids is 1. The molecule has 0 N–H and O–H groups in total. The Balaban J connectivity index is 1.79. The standard InChI is InChI=1S/C15H17BrFNO/c16-13-3-1-2-12(14(13)17)15(19)18(8-10-4-5-10)9-11-6-7-11/h1-3,10-11H,4-9H2. The number of halogens is 2. The highest BCUT2D eigenvalue weighted by atomic mass is 79.9. The fourth-order valence-electron chi connectivity index (χ4n) is 2.30. The predicted octanol–water partition coefficient (Wildman–Crippen LogP) is 3.85. The molecule has 4 heteroatoms. The van der Waals surface area contributed by atoms with Crippen LogP contribution < -0.4 is 0 Å². The van der Waals surface area contributed by atoms with Crippen LogP contribution in [0.2, 0.25) is 0 Å². The number of amides is 1. The number of hydrogen-bond acceptors (Lipinski definition) is 1. The van der Waals surface area contributed by atoms with Crippen LogP contribution >= 0.6 is 15.9 Å². The Morgan fingerprint density at radius 2 is 1.79 bits per heavy atom. The molecule has 2 fully saturated rings. The monoisotopic (exact) mass is 325 g/mol. The smallest absolute Gasteiger partial charge is 0.256 e. The maximum Gasteiger partial charge on any atom is 0.256 e. The van der Waals surface area contributed by atoms with E-state index in [0.717, 1.165) is 13.1 Å². The minimum absolute atomic E-state index is 0.155. The molecule has 2 saturated carbocycles. The van der Waals surface area contributed by atoms with Crippen molar-refractivity contribution >= 4 is 21.8 Å². The molecule has 1 aromatic carbocycles. The Kier molecular flexibility index (Phi) is 3.61. The lowest BCUT2D eigenvalue weighted by molar-refractivity contribution is 0.0734. The fraction of sp³-hybridized carbons (Fsp3) is 0.533. The van der Waals surface area contributed by atoms with Crippen LogP contribution in [0.5, 0.6) is 0 Å². The molecule has 0 saturated heterocycles. The molecule has 0 atom stereocenters. The summed E-state index contributed by atoms with van der Waals surface area (Å²) in [6.45, 7) is 1.59. The summed E-state index contributed by atoms with van der Waals surface area (Å²) in [5, 5.41) is 0. The first-order valence-corrected chi connectivity index (χ1v) is 7.67. The van der Waals surface area contributed by atoms with E-state index in [-0.39, 0.29) is 11.5 Å². The first kappa shape index (κ1) is 13.1. The van der Waals surface area contributed by atoms with Crippen molar-refractivity contribution in [2.45, 2.75) is 25.7 Å². The van der Waals surface area contributed by atoms with Crippen molar-refractivity contribution in [3.63, 3.8) is 0 Å². The van der Waals surface area contributed by atoms with Crippen molar-refractivity contribution in [3.05, 3.63) is 34.1 Å². The Bertz CT molecular complexity index is 483. The number of carbonyl (C=O) groups is 1. The Hall–Kier alpha value is -0.900. The molecule has 0 heterocycles. The van der Waals surface area contributed by atoms with E-state index < -0.39 is 5.82 Å². The van der Waals surface area contributed by atoms with Gasteiger partial charge in [0.1, 0.15) is 5.82 Å². The van der Waals surface area contributed by atoms with Crippen molar-refractivity contribution in [1.82, 2.24) is 4.90 Å². The van der Waals surface area contributed by atoms with E-state index in [0.29, 0.717) is 16.3 Å². The predicted molar refractivity (Wildman–Crippen MR) is 75.5 cm³/mol. The van der Waals surface area contributed by atoms with Crippen molar-refractivity contribution in [2.75, 3.05) is 13.1 Å². The van der Waals surface area contributed by atoms with Gasteiger partial charge in [0.15, 0.2) is 0 Å². The Morgan fingerprint density at radius 1 is 1.21 bits per heavy atom. The quantitative estimate of drug-likeness (QED) is 0.805. The molecule has 1 amide bonds. The van der Waals surface area contributed by atoms with E-state index in [1.807, 2.05) is 4.90 Å². The summed E-state index contributed by atoms with van der Waals surface area (Å²) in [4.78, 5) is 14.4. The van der Waals surface area contributed by atoms with Crippen molar-refractivity contribution in [3.8, 4) is 0 Å². The van der Waals surface area contributed by atoms with E-state index in [9.17, 15) is 9.18 Å². The van der Waals surface area contributed by atoms with Crippen LogP contribution in [0.3, 0.4) is 0 Å². The summed E-state index contributed by atoms with van der Waals surface area (Å²) in [7, 11) is 0. The Labute approximate surface area is 121 Å². The van der Waals surface area contributed by atoms with Gasteiger partial charge in [-0.05, 0) is 65.6 Å². The molecule has 102 valence electrons. The van der Waals surface area contributed by atoms with Crippen LogP contribution in [0, 0.1) is 17.7 Å². The van der Waals surface area contributed by atoms with Gasteiger partial charge in [0.05, 0.1) is 10.0 Å². The summed E-state index contributed by atoms with van der Waals surface area (Å²) in [6, 6.07) is 4.92. The average molecular weight is 326 g/mol. The van der Waals surface area contributed by atoms with Gasteiger partial charge in [-0.1, -0.05) is 6.07 Å². The van der Waals surface area contributed by atoms with Crippen LogP contribution in [0.4, 0.5) is 4.39 Å². The van der Waals surface area contributed by atoms with Crippen molar-refractivity contribution in [1.29, 1.82) is 0 Å². The SMILES string of the molecule is O=C(c1cccc(Br)c1F)N(CC1CC1)CC1CC1. The van der Waals surface area contributed by atoms with E-state index in [1.165, 1.54) is 25.7 Å². The summed E-state index contributed by atoms with van der Waals surface area (Å²) in [6.07, 6.45) is 4.82. The minimum Gasteiger partial charge on any atom is -0.338 e. The normalized spacial score (nSPS) is 18.4. The maximum atomic E-state index is 14.0. The van der Waals surface area contributed by atoms with Gasteiger partial charge in [-0.3, -0.25) is 4.79 Å². The molecule has 2 aliphatic rings. The third-order valence-corrected chi connectivity index (χ3v) is 4.43. The highest BCUT2D eigenvalue weighted by Crippen LogP contribution is 2.34. The molecule has 0 unspecified atom stereocenters. The molecule has 2 aliphatic carbocycles. The second kappa shape index (κ2) is 5.23. The van der Waals surface area contributed by atoms with Crippen LogP contribution in [-0.4, -0.2) is 23.9 Å². The van der Waals surface area contributed by atoms with Crippen LogP contribution in [0.1, 0.15) is 36.0 Å². The van der Waals surface area contributed by atoms with Gasteiger partial charge in [0.2, 0.25) is 0 Å². The number of benzene rings is 1. The third-order valence-electron chi connectivity index (χ3n) is 3.82. The fourth-order valence-corrected chi connectivity index (χ4v) is 2.67. The summed E-state index contributed by atoms with van der Waals surface area (Å²) in [5.74, 6) is 0.678. The lowest BCUT2D eigenvalue weighted by atomic mass is 10.1. The molecule has 0 aromatic heterocycles. The maximum absolute atomic E-state index is 14.0. The first-order valence-electron chi connectivity index (χ1n) is 6.88. The van der Waals surface area contributed by atoms with Crippen LogP contribution in [0.25, 0.3) is 0 Å². The van der Waals surface area contributed by atoms with Gasteiger partial charge in [-0.15, -0.1) is 0 Å². The van der Waals surface area contributed by atoms with Gasteiger partial charge in [-0.25, -0.2) is 4.39 Å². The molecular weight excluding hydrogens is 309 g/mol. The van der Waals surface area contributed by atoms with E-state index in [2.05, 4.69) is 15.9 Å². The van der Waals surface area contributed by atoms with Gasteiger partial charge in [0.25, 0.3) is 5.91 Å². The third kappa shape index (κ3) is 3.16. The minimum atomic E-state index is -0.441. The molecule has 0 bridgehead atoms. The summed E-state index contributed by atoms with van der Waals surface area (Å²) < 4.78 is 14.4. The zero-order valence-electron chi connectivity index (χ0n) is 10.7. The van der Waals surface area contributed by atoms with E-state index >= 15 is 0 Å². The number of rotatable bonds is 5. The lowest BCUT2D eigenvalue weighted by Gasteiger charge is -2.23.